The third kappa shape index (κ3) is 8.19. The number of carbonyl (C=O) groups excluding carboxylic acids is 2. The molecule has 0 spiro atoms. The van der Waals surface area contributed by atoms with Crippen LogP contribution in [-0.2, 0) is 26.2 Å². The Morgan fingerprint density at radius 3 is 2.23 bits per heavy atom. The van der Waals surface area contributed by atoms with Crippen LogP contribution in [0.5, 0.6) is 0 Å². The summed E-state index contributed by atoms with van der Waals surface area (Å²) >= 11 is 12.2. The van der Waals surface area contributed by atoms with Crippen LogP contribution in [0.1, 0.15) is 38.7 Å². The molecule has 3 rings (SSSR count). The average molecular weight is 609 g/mol. The van der Waals surface area contributed by atoms with Crippen LogP contribution in [0, 0.1) is 5.82 Å². The molecule has 0 aromatic heterocycles. The first-order chi connectivity index (χ1) is 19.1. The Morgan fingerprint density at radius 1 is 0.950 bits per heavy atom. The summed E-state index contributed by atoms with van der Waals surface area (Å²) in [7, 11) is -4.25. The van der Waals surface area contributed by atoms with Crippen molar-refractivity contribution in [3.63, 3.8) is 0 Å². The SMILES string of the molecule is CCCCNC(=O)C(CC)N(Cc1ccc(F)cc1)C(=O)CN(c1cccc(Cl)c1)S(=O)(=O)c1ccc(Cl)cc1. The smallest absolute Gasteiger partial charge is 0.264 e. The second kappa shape index (κ2) is 14.5. The molecule has 0 bridgehead atoms. The number of carbonyl (C=O) groups is 2. The molecule has 1 atom stereocenters. The minimum atomic E-state index is -4.25. The predicted molar refractivity (Wildman–Crippen MR) is 156 cm³/mol. The van der Waals surface area contributed by atoms with E-state index in [2.05, 4.69) is 5.32 Å². The molecule has 0 saturated carbocycles. The fraction of sp³-hybridized carbons (Fsp3) is 0.310. The van der Waals surface area contributed by atoms with E-state index in [0.29, 0.717) is 17.1 Å². The largest absolute Gasteiger partial charge is 0.354 e. The fourth-order valence-corrected chi connectivity index (χ4v) is 5.82. The Kier molecular flexibility index (Phi) is 11.4. The van der Waals surface area contributed by atoms with Gasteiger partial charge in [-0.15, -0.1) is 0 Å². The summed E-state index contributed by atoms with van der Waals surface area (Å²) in [6, 6.07) is 16.5. The molecule has 214 valence electrons. The molecule has 11 heteroatoms. The summed E-state index contributed by atoms with van der Waals surface area (Å²) in [6.07, 6.45) is 1.94. The highest BCUT2D eigenvalue weighted by Crippen LogP contribution is 2.27. The van der Waals surface area contributed by atoms with Gasteiger partial charge in [0.05, 0.1) is 10.6 Å². The summed E-state index contributed by atoms with van der Waals surface area (Å²) in [6.45, 7) is 3.59. The van der Waals surface area contributed by atoms with Crippen molar-refractivity contribution in [3.8, 4) is 0 Å². The Morgan fingerprint density at radius 2 is 1.62 bits per heavy atom. The molecule has 3 aromatic rings. The molecule has 40 heavy (non-hydrogen) atoms. The average Bonchev–Trinajstić information content (AvgIpc) is 2.93. The maximum atomic E-state index is 14.0. The molecule has 0 heterocycles. The van der Waals surface area contributed by atoms with Gasteiger partial charge in [-0.3, -0.25) is 13.9 Å². The first-order valence-electron chi connectivity index (χ1n) is 12.9. The van der Waals surface area contributed by atoms with Crippen molar-refractivity contribution in [2.75, 3.05) is 17.4 Å². The third-order valence-electron chi connectivity index (χ3n) is 6.26. The van der Waals surface area contributed by atoms with E-state index < -0.39 is 34.3 Å². The standard InChI is InChI=1S/C29H32Cl2FN3O4S/c1-3-5-17-33-29(37)27(4-2)34(19-21-9-13-24(32)14-10-21)28(36)20-35(25-8-6-7-23(31)18-25)40(38,39)26-15-11-22(30)12-16-26/h6-16,18,27H,3-5,17,19-20H2,1-2H3,(H,33,37). The lowest BCUT2D eigenvalue weighted by Gasteiger charge is -2.33. The van der Waals surface area contributed by atoms with Crippen LogP contribution in [0.25, 0.3) is 0 Å². The summed E-state index contributed by atoms with van der Waals surface area (Å²) < 4.78 is 42.2. The number of amides is 2. The van der Waals surface area contributed by atoms with E-state index in [1.807, 2.05) is 6.92 Å². The second-order valence-corrected chi connectivity index (χ2v) is 11.9. The van der Waals surface area contributed by atoms with Crippen LogP contribution < -0.4 is 9.62 Å². The molecule has 0 aliphatic heterocycles. The van der Waals surface area contributed by atoms with E-state index in [-0.39, 0.29) is 34.5 Å². The fourth-order valence-electron chi connectivity index (χ4n) is 4.11. The number of hydrogen-bond donors (Lipinski definition) is 1. The molecule has 0 aliphatic carbocycles. The molecule has 3 aromatic carbocycles. The van der Waals surface area contributed by atoms with Crippen molar-refractivity contribution in [2.45, 2.75) is 50.6 Å². The summed E-state index contributed by atoms with van der Waals surface area (Å²) in [5.74, 6) is -1.40. The highest BCUT2D eigenvalue weighted by molar-refractivity contribution is 7.92. The Balaban J connectivity index is 2.03. The van der Waals surface area contributed by atoms with Crippen LogP contribution in [0.4, 0.5) is 10.1 Å². The molecular formula is C29H32Cl2FN3O4S. The normalized spacial score (nSPS) is 12.0. The van der Waals surface area contributed by atoms with Gasteiger partial charge in [0.15, 0.2) is 0 Å². The van der Waals surface area contributed by atoms with Gasteiger partial charge in [0.1, 0.15) is 18.4 Å². The zero-order valence-electron chi connectivity index (χ0n) is 22.3. The molecule has 1 N–H and O–H groups in total. The highest BCUT2D eigenvalue weighted by atomic mass is 35.5. The Labute approximate surface area is 244 Å². The number of anilines is 1. The molecule has 0 radical (unpaired) electrons. The van der Waals surface area contributed by atoms with Crippen molar-refractivity contribution in [3.05, 3.63) is 94.2 Å². The molecule has 1 unspecified atom stereocenters. The summed E-state index contributed by atoms with van der Waals surface area (Å²) in [4.78, 5) is 28.4. The van der Waals surface area contributed by atoms with Gasteiger partial charge in [0.25, 0.3) is 10.0 Å². The predicted octanol–water partition coefficient (Wildman–Crippen LogP) is 6.05. The van der Waals surface area contributed by atoms with Crippen molar-refractivity contribution < 1.29 is 22.4 Å². The highest BCUT2D eigenvalue weighted by Gasteiger charge is 2.33. The van der Waals surface area contributed by atoms with Gasteiger partial charge >= 0.3 is 0 Å². The van der Waals surface area contributed by atoms with Crippen molar-refractivity contribution in [1.29, 1.82) is 0 Å². The van der Waals surface area contributed by atoms with Crippen LogP contribution in [-0.4, -0.2) is 44.3 Å². The lowest BCUT2D eigenvalue weighted by Crippen LogP contribution is -2.52. The molecule has 0 fully saturated rings. The zero-order chi connectivity index (χ0) is 29.3. The van der Waals surface area contributed by atoms with Gasteiger partial charge < -0.3 is 10.2 Å². The topological polar surface area (TPSA) is 86.8 Å². The molecule has 2 amide bonds. The van der Waals surface area contributed by atoms with Crippen LogP contribution in [0.15, 0.2) is 77.7 Å². The van der Waals surface area contributed by atoms with Crippen LogP contribution in [0.2, 0.25) is 10.0 Å². The third-order valence-corrected chi connectivity index (χ3v) is 8.53. The first-order valence-corrected chi connectivity index (χ1v) is 15.1. The molecule has 0 aliphatic rings. The van der Waals surface area contributed by atoms with E-state index in [1.54, 1.807) is 19.1 Å². The van der Waals surface area contributed by atoms with Gasteiger partial charge in [-0.1, -0.05) is 61.7 Å². The van der Waals surface area contributed by atoms with Crippen LogP contribution in [0.3, 0.4) is 0 Å². The lowest BCUT2D eigenvalue weighted by molar-refractivity contribution is -0.140. The Hall–Kier alpha value is -3.14. The molecule has 7 nitrogen and oxygen atoms in total. The number of sulfonamides is 1. The number of unbranched alkanes of at least 4 members (excludes halogenated alkanes) is 1. The van der Waals surface area contributed by atoms with E-state index in [1.165, 1.54) is 65.6 Å². The summed E-state index contributed by atoms with van der Waals surface area (Å²) in [5.41, 5.74) is 0.766. The quantitative estimate of drug-likeness (QED) is 0.240. The second-order valence-electron chi connectivity index (χ2n) is 9.16. The number of rotatable bonds is 13. The maximum Gasteiger partial charge on any atom is 0.264 e. The van der Waals surface area contributed by atoms with E-state index in [9.17, 15) is 22.4 Å². The van der Waals surface area contributed by atoms with E-state index >= 15 is 0 Å². The molecular weight excluding hydrogens is 576 g/mol. The van der Waals surface area contributed by atoms with Crippen molar-refractivity contribution in [2.24, 2.45) is 0 Å². The van der Waals surface area contributed by atoms with Crippen molar-refractivity contribution in [1.82, 2.24) is 10.2 Å². The number of halogens is 3. The first kappa shape index (κ1) is 31.4. The van der Waals surface area contributed by atoms with E-state index in [4.69, 9.17) is 23.2 Å². The Bertz CT molecular complexity index is 1400. The minimum Gasteiger partial charge on any atom is -0.354 e. The van der Waals surface area contributed by atoms with Crippen LogP contribution >= 0.6 is 23.2 Å². The van der Waals surface area contributed by atoms with Crippen molar-refractivity contribution >= 4 is 50.7 Å². The van der Waals surface area contributed by atoms with Gasteiger partial charge in [-0.2, -0.15) is 0 Å². The lowest BCUT2D eigenvalue weighted by atomic mass is 10.1. The minimum absolute atomic E-state index is 0.0246. The van der Waals surface area contributed by atoms with Gasteiger partial charge in [-0.05, 0) is 73.0 Å². The van der Waals surface area contributed by atoms with E-state index in [0.717, 1.165) is 17.1 Å². The maximum absolute atomic E-state index is 14.0. The number of benzene rings is 3. The number of nitrogens with zero attached hydrogens (tertiary/aromatic N) is 2. The monoisotopic (exact) mass is 607 g/mol. The van der Waals surface area contributed by atoms with Gasteiger partial charge in [-0.25, -0.2) is 12.8 Å². The zero-order valence-corrected chi connectivity index (χ0v) is 24.6. The molecule has 0 saturated heterocycles. The van der Waals surface area contributed by atoms with Gasteiger partial charge in [0, 0.05) is 23.1 Å². The number of hydrogen-bond acceptors (Lipinski definition) is 4. The van der Waals surface area contributed by atoms with Gasteiger partial charge in [0.2, 0.25) is 11.8 Å². The summed E-state index contributed by atoms with van der Waals surface area (Å²) in [5, 5.41) is 3.50. The number of nitrogens with one attached hydrogen (secondary N) is 1.